The average Bonchev–Trinajstić information content (AvgIpc) is 2.66. The van der Waals surface area contributed by atoms with Crippen LogP contribution >= 0.6 is 43.5 Å². The lowest BCUT2D eigenvalue weighted by atomic mass is 10.3. The number of imidazole rings is 1. The minimum absolute atomic E-state index is 0.421. The summed E-state index contributed by atoms with van der Waals surface area (Å²) >= 11 is 13.1. The van der Waals surface area contributed by atoms with E-state index < -0.39 is 0 Å². The van der Waals surface area contributed by atoms with Gasteiger partial charge in [0.2, 0.25) is 5.95 Å². The number of aromatic nitrogens is 2. The van der Waals surface area contributed by atoms with Gasteiger partial charge in [-0.2, -0.15) is 0 Å². The van der Waals surface area contributed by atoms with E-state index in [0.717, 1.165) is 25.7 Å². The van der Waals surface area contributed by atoms with E-state index in [9.17, 15) is 0 Å². The van der Waals surface area contributed by atoms with Gasteiger partial charge >= 0.3 is 0 Å². The zero-order chi connectivity index (χ0) is 13.6. The third-order valence-electron chi connectivity index (χ3n) is 2.80. The van der Waals surface area contributed by atoms with Crippen LogP contribution in [0.1, 0.15) is 0 Å². The Bertz CT molecular complexity index is 763. The van der Waals surface area contributed by atoms with Crippen molar-refractivity contribution in [1.82, 2.24) is 9.55 Å². The third-order valence-corrected chi connectivity index (χ3v) is 4.32. The van der Waals surface area contributed by atoms with E-state index in [4.69, 9.17) is 17.3 Å². The fraction of sp³-hybridized carbons (Fsp3) is 0. The molecule has 0 saturated carbocycles. The molecule has 3 nitrogen and oxygen atoms in total. The zero-order valence-corrected chi connectivity index (χ0v) is 13.5. The number of nitrogens with zero attached hydrogens (tertiary/aromatic N) is 2. The maximum Gasteiger partial charge on any atom is 0.206 e. The van der Waals surface area contributed by atoms with Gasteiger partial charge in [-0.1, -0.05) is 17.7 Å². The summed E-state index contributed by atoms with van der Waals surface area (Å²) in [6.07, 6.45) is 0. The molecule has 0 amide bonds. The van der Waals surface area contributed by atoms with Gasteiger partial charge in [-0.3, -0.25) is 4.57 Å². The summed E-state index contributed by atoms with van der Waals surface area (Å²) in [5, 5.41) is 0.650. The van der Waals surface area contributed by atoms with E-state index in [0.29, 0.717) is 11.0 Å². The van der Waals surface area contributed by atoms with Gasteiger partial charge in [0, 0.05) is 14.0 Å². The van der Waals surface area contributed by atoms with E-state index in [1.807, 2.05) is 34.9 Å². The highest BCUT2D eigenvalue weighted by Gasteiger charge is 2.15. The fourth-order valence-corrected chi connectivity index (χ4v) is 3.52. The number of benzene rings is 2. The highest BCUT2D eigenvalue weighted by atomic mass is 79.9. The molecule has 2 N–H and O–H groups in total. The number of halogens is 3. The molecule has 3 rings (SSSR count). The van der Waals surface area contributed by atoms with Gasteiger partial charge in [0.25, 0.3) is 0 Å². The second-order valence-electron chi connectivity index (χ2n) is 4.01. The van der Waals surface area contributed by atoms with Crippen LogP contribution in [0.15, 0.2) is 45.3 Å². The van der Waals surface area contributed by atoms with Crippen molar-refractivity contribution in [3.8, 4) is 5.69 Å². The maximum atomic E-state index is 6.06. The molecule has 0 atom stereocenters. The zero-order valence-electron chi connectivity index (χ0n) is 9.57. The van der Waals surface area contributed by atoms with Crippen molar-refractivity contribution in [2.45, 2.75) is 0 Å². The van der Waals surface area contributed by atoms with E-state index >= 15 is 0 Å². The monoisotopic (exact) mass is 399 g/mol. The molecule has 0 bridgehead atoms. The minimum atomic E-state index is 0.421. The molecule has 3 aromatic rings. The van der Waals surface area contributed by atoms with Gasteiger partial charge in [0.15, 0.2) is 0 Å². The molecule has 1 heterocycles. The van der Waals surface area contributed by atoms with Crippen LogP contribution in [0.5, 0.6) is 0 Å². The molecule has 0 spiro atoms. The first kappa shape index (κ1) is 13.0. The van der Waals surface area contributed by atoms with E-state index in [1.165, 1.54) is 0 Å². The van der Waals surface area contributed by atoms with Gasteiger partial charge < -0.3 is 5.73 Å². The summed E-state index contributed by atoms with van der Waals surface area (Å²) in [7, 11) is 0. The topological polar surface area (TPSA) is 43.8 Å². The minimum Gasteiger partial charge on any atom is -0.369 e. The molecule has 0 radical (unpaired) electrons. The normalized spacial score (nSPS) is 11.1. The quantitative estimate of drug-likeness (QED) is 0.637. The van der Waals surface area contributed by atoms with Crippen molar-refractivity contribution < 1.29 is 0 Å². The Balaban J connectivity index is 2.42. The predicted octanol–water partition coefficient (Wildman–Crippen LogP) is 4.79. The smallest absolute Gasteiger partial charge is 0.206 e. The van der Waals surface area contributed by atoms with E-state index in [2.05, 4.69) is 36.8 Å². The van der Waals surface area contributed by atoms with Gasteiger partial charge in [-0.15, -0.1) is 0 Å². The molecule has 0 aliphatic heterocycles. The Morgan fingerprint density at radius 2 is 1.79 bits per heavy atom. The summed E-state index contributed by atoms with van der Waals surface area (Å²) < 4.78 is 3.72. The van der Waals surface area contributed by atoms with Crippen molar-refractivity contribution in [2.24, 2.45) is 0 Å². The summed E-state index contributed by atoms with van der Waals surface area (Å²) in [6, 6.07) is 11.4. The summed E-state index contributed by atoms with van der Waals surface area (Å²) in [5.74, 6) is 0.421. The molecule has 96 valence electrons. The Hall–Kier alpha value is -1.04. The van der Waals surface area contributed by atoms with Crippen LogP contribution in [-0.2, 0) is 0 Å². The predicted molar refractivity (Wildman–Crippen MR) is 85.9 cm³/mol. The lowest BCUT2D eigenvalue weighted by molar-refractivity contribution is 1.09. The van der Waals surface area contributed by atoms with Crippen molar-refractivity contribution in [3.63, 3.8) is 0 Å². The molecule has 1 aromatic heterocycles. The Kier molecular flexibility index (Phi) is 3.28. The van der Waals surface area contributed by atoms with Gasteiger partial charge in [0.1, 0.15) is 0 Å². The van der Waals surface area contributed by atoms with Gasteiger partial charge in [-0.05, 0) is 62.2 Å². The van der Waals surface area contributed by atoms with Crippen LogP contribution in [0.2, 0.25) is 5.02 Å². The molecule has 6 heteroatoms. The van der Waals surface area contributed by atoms with E-state index in [1.54, 1.807) is 6.07 Å². The second-order valence-corrected chi connectivity index (χ2v) is 6.15. The third kappa shape index (κ3) is 2.16. The van der Waals surface area contributed by atoms with Crippen molar-refractivity contribution in [3.05, 3.63) is 50.4 Å². The highest BCUT2D eigenvalue weighted by molar-refractivity contribution is 9.11. The van der Waals surface area contributed by atoms with Crippen LogP contribution < -0.4 is 5.73 Å². The number of hydrogen-bond donors (Lipinski definition) is 1. The largest absolute Gasteiger partial charge is 0.369 e. The van der Waals surface area contributed by atoms with Crippen LogP contribution in [0.25, 0.3) is 16.7 Å². The first-order valence-corrected chi connectivity index (χ1v) is 7.42. The average molecular weight is 401 g/mol. The first-order valence-electron chi connectivity index (χ1n) is 5.46. The van der Waals surface area contributed by atoms with Gasteiger partial charge in [0.05, 0.1) is 16.7 Å². The lowest BCUT2D eigenvalue weighted by Gasteiger charge is -2.11. The van der Waals surface area contributed by atoms with Crippen molar-refractivity contribution >= 4 is 60.4 Å². The second kappa shape index (κ2) is 4.81. The van der Waals surface area contributed by atoms with Crippen LogP contribution in [0, 0.1) is 0 Å². The molecule has 2 aromatic carbocycles. The molecule has 0 unspecified atom stereocenters. The molecule has 0 fully saturated rings. The Labute approximate surface area is 131 Å². The SMILES string of the molecule is Nc1nc2ccc(Cl)cc2n1-c1c(Br)cccc1Br. The molecular formula is C13H8Br2ClN3. The van der Waals surface area contributed by atoms with Crippen molar-refractivity contribution in [1.29, 1.82) is 0 Å². The molecule has 0 aliphatic carbocycles. The number of para-hydroxylation sites is 1. The van der Waals surface area contributed by atoms with Crippen LogP contribution in [0.4, 0.5) is 5.95 Å². The van der Waals surface area contributed by atoms with Crippen LogP contribution in [-0.4, -0.2) is 9.55 Å². The summed E-state index contributed by atoms with van der Waals surface area (Å²) in [6.45, 7) is 0. The number of anilines is 1. The molecular weight excluding hydrogens is 393 g/mol. The first-order chi connectivity index (χ1) is 9.08. The fourth-order valence-electron chi connectivity index (χ4n) is 2.00. The number of fused-ring (bicyclic) bond motifs is 1. The number of rotatable bonds is 1. The molecule has 19 heavy (non-hydrogen) atoms. The highest BCUT2D eigenvalue weighted by Crippen LogP contribution is 2.34. The Morgan fingerprint density at radius 1 is 1.11 bits per heavy atom. The summed E-state index contributed by atoms with van der Waals surface area (Å²) in [5.41, 5.74) is 8.63. The lowest BCUT2D eigenvalue weighted by Crippen LogP contribution is -2.02. The van der Waals surface area contributed by atoms with Gasteiger partial charge in [-0.25, -0.2) is 4.98 Å². The molecule has 0 aliphatic rings. The maximum absolute atomic E-state index is 6.06. The number of nitrogen functional groups attached to an aromatic ring is 1. The number of hydrogen-bond acceptors (Lipinski definition) is 2. The summed E-state index contributed by atoms with van der Waals surface area (Å²) in [4.78, 5) is 4.35. The standard InChI is InChI=1S/C13H8Br2ClN3/c14-8-2-1-3-9(15)12(8)19-11-6-7(16)4-5-10(11)18-13(19)17/h1-6H,(H2,17,18). The van der Waals surface area contributed by atoms with Crippen molar-refractivity contribution in [2.75, 3.05) is 5.73 Å². The van der Waals surface area contributed by atoms with E-state index in [-0.39, 0.29) is 0 Å². The Morgan fingerprint density at radius 3 is 2.47 bits per heavy atom. The number of nitrogens with two attached hydrogens (primary N) is 1. The molecule has 0 saturated heterocycles. The van der Waals surface area contributed by atoms with Crippen LogP contribution in [0.3, 0.4) is 0 Å².